The number of sulfonamides is 1. The van der Waals surface area contributed by atoms with Crippen LogP contribution in [0.15, 0.2) is 23.1 Å². The monoisotopic (exact) mass is 303 g/mol. The van der Waals surface area contributed by atoms with Crippen molar-refractivity contribution in [1.82, 2.24) is 10.0 Å². The maximum absolute atomic E-state index is 13.0. The van der Waals surface area contributed by atoms with E-state index >= 15 is 0 Å². The highest BCUT2D eigenvalue weighted by atomic mass is 32.2. The summed E-state index contributed by atoms with van der Waals surface area (Å²) in [5, 5.41) is 13.9. The second-order valence-electron chi connectivity index (χ2n) is 4.96. The molecule has 0 bridgehead atoms. The van der Waals surface area contributed by atoms with Crippen molar-refractivity contribution in [3.63, 3.8) is 0 Å². The zero-order valence-electron chi connectivity index (χ0n) is 10.7. The minimum Gasteiger partial charge on any atom is -0.315 e. The summed E-state index contributed by atoms with van der Waals surface area (Å²) in [5.41, 5.74) is -1.48. The highest BCUT2D eigenvalue weighted by Crippen LogP contribution is 2.26. The molecule has 9 heteroatoms. The second-order valence-corrected chi connectivity index (χ2v) is 6.61. The predicted molar refractivity (Wildman–Crippen MR) is 69.3 cm³/mol. The van der Waals surface area contributed by atoms with Gasteiger partial charge >= 0.3 is 0 Å². The van der Waals surface area contributed by atoms with Crippen LogP contribution in [-0.4, -0.2) is 32.0 Å². The van der Waals surface area contributed by atoms with Crippen molar-refractivity contribution in [2.75, 3.05) is 13.1 Å². The first kappa shape index (κ1) is 14.8. The Bertz CT molecular complexity index is 641. The van der Waals surface area contributed by atoms with Crippen molar-refractivity contribution < 1.29 is 17.7 Å². The second kappa shape index (κ2) is 5.08. The van der Waals surface area contributed by atoms with Crippen LogP contribution in [0.4, 0.5) is 10.1 Å². The summed E-state index contributed by atoms with van der Waals surface area (Å²) < 4.78 is 40.0. The average Bonchev–Trinajstić information content (AvgIpc) is 2.74. The third-order valence-electron chi connectivity index (χ3n) is 3.16. The van der Waals surface area contributed by atoms with Crippen molar-refractivity contribution in [2.45, 2.75) is 23.8 Å². The molecule has 0 amide bonds. The van der Waals surface area contributed by atoms with Gasteiger partial charge in [0.2, 0.25) is 10.0 Å². The number of nitro benzene ring substituents is 1. The lowest BCUT2D eigenvalue weighted by Crippen LogP contribution is -2.47. The summed E-state index contributed by atoms with van der Waals surface area (Å²) in [6, 6.07) is 2.39. The summed E-state index contributed by atoms with van der Waals surface area (Å²) in [4.78, 5) is 9.43. The first-order chi connectivity index (χ1) is 9.23. The smallest absolute Gasteiger partial charge is 0.292 e. The molecule has 1 fully saturated rings. The Morgan fingerprint density at radius 3 is 2.75 bits per heavy atom. The Labute approximate surface area is 115 Å². The standard InChI is InChI=1S/C11H14FN3O4S/c1-11(4-5-13-7-11)14-20(18,19)10-3-2-8(12)6-9(10)15(16)17/h2-3,6,13-14H,4-5,7H2,1H3. The van der Waals surface area contributed by atoms with Crippen molar-refractivity contribution in [3.05, 3.63) is 34.1 Å². The zero-order chi connectivity index (χ0) is 15.0. The van der Waals surface area contributed by atoms with Crippen molar-refractivity contribution in [2.24, 2.45) is 0 Å². The number of nitrogens with one attached hydrogen (secondary N) is 2. The SMILES string of the molecule is CC1(NS(=O)(=O)c2ccc(F)cc2[N+](=O)[O-])CCNC1. The van der Waals surface area contributed by atoms with E-state index < -0.39 is 36.9 Å². The van der Waals surface area contributed by atoms with Gasteiger partial charge in [0.15, 0.2) is 4.90 Å². The van der Waals surface area contributed by atoms with Gasteiger partial charge in [-0.1, -0.05) is 0 Å². The van der Waals surface area contributed by atoms with E-state index in [0.29, 0.717) is 25.6 Å². The molecule has 0 radical (unpaired) electrons. The average molecular weight is 303 g/mol. The van der Waals surface area contributed by atoms with Crippen LogP contribution in [0, 0.1) is 15.9 Å². The lowest BCUT2D eigenvalue weighted by atomic mass is 10.0. The van der Waals surface area contributed by atoms with E-state index in [1.807, 2.05) is 0 Å². The van der Waals surface area contributed by atoms with E-state index in [1.54, 1.807) is 6.92 Å². The minimum absolute atomic E-state index is 0.432. The lowest BCUT2D eigenvalue weighted by molar-refractivity contribution is -0.388. The summed E-state index contributed by atoms with van der Waals surface area (Å²) in [5.74, 6) is -0.857. The van der Waals surface area contributed by atoms with Gasteiger partial charge in [0.1, 0.15) is 5.82 Å². The van der Waals surface area contributed by atoms with Crippen LogP contribution in [0.3, 0.4) is 0 Å². The van der Waals surface area contributed by atoms with E-state index in [1.165, 1.54) is 0 Å². The van der Waals surface area contributed by atoms with Gasteiger partial charge in [0.05, 0.1) is 11.0 Å². The topological polar surface area (TPSA) is 101 Å². The molecule has 1 unspecified atom stereocenters. The summed E-state index contributed by atoms with van der Waals surface area (Å²) in [6.45, 7) is 2.80. The Hall–Kier alpha value is -1.58. The van der Waals surface area contributed by atoms with E-state index in [2.05, 4.69) is 10.0 Å². The molecule has 1 aromatic carbocycles. The van der Waals surface area contributed by atoms with Gasteiger partial charge in [-0.15, -0.1) is 0 Å². The third kappa shape index (κ3) is 2.94. The number of nitro groups is 1. The molecule has 2 N–H and O–H groups in total. The summed E-state index contributed by atoms with van der Waals surface area (Å²) in [7, 11) is -4.09. The van der Waals surface area contributed by atoms with Gasteiger partial charge in [-0.05, 0) is 32.0 Å². The normalized spacial score (nSPS) is 22.9. The van der Waals surface area contributed by atoms with Crippen LogP contribution < -0.4 is 10.0 Å². The van der Waals surface area contributed by atoms with Crippen LogP contribution in [0.1, 0.15) is 13.3 Å². The van der Waals surface area contributed by atoms with Crippen molar-refractivity contribution >= 4 is 15.7 Å². The third-order valence-corrected chi connectivity index (χ3v) is 4.84. The van der Waals surface area contributed by atoms with E-state index in [4.69, 9.17) is 0 Å². The van der Waals surface area contributed by atoms with Crippen molar-refractivity contribution in [3.8, 4) is 0 Å². The molecule has 1 aliphatic rings. The Balaban J connectivity index is 2.41. The van der Waals surface area contributed by atoms with Gasteiger partial charge in [0, 0.05) is 12.1 Å². The molecule has 0 spiro atoms. The molecule has 1 aliphatic heterocycles. The number of halogens is 1. The fraction of sp³-hybridized carbons (Fsp3) is 0.455. The molecule has 0 aliphatic carbocycles. The molecule has 1 aromatic rings. The molecule has 0 aromatic heterocycles. The number of nitrogens with zero attached hydrogens (tertiary/aromatic N) is 1. The van der Waals surface area contributed by atoms with Crippen LogP contribution in [0.25, 0.3) is 0 Å². The molecule has 2 rings (SSSR count). The maximum atomic E-state index is 13.0. The molecular formula is C11H14FN3O4S. The molecule has 1 saturated heterocycles. The largest absolute Gasteiger partial charge is 0.315 e. The lowest BCUT2D eigenvalue weighted by Gasteiger charge is -2.23. The van der Waals surface area contributed by atoms with Gasteiger partial charge in [0.25, 0.3) is 5.69 Å². The van der Waals surface area contributed by atoms with Crippen LogP contribution >= 0.6 is 0 Å². The van der Waals surface area contributed by atoms with Gasteiger partial charge in [-0.3, -0.25) is 10.1 Å². The van der Waals surface area contributed by atoms with Crippen LogP contribution in [0.2, 0.25) is 0 Å². The van der Waals surface area contributed by atoms with Gasteiger partial charge in [-0.2, -0.15) is 0 Å². The Kier molecular flexibility index (Phi) is 3.76. The number of hydrogen-bond acceptors (Lipinski definition) is 5. The first-order valence-corrected chi connectivity index (χ1v) is 7.40. The van der Waals surface area contributed by atoms with Crippen LogP contribution in [-0.2, 0) is 10.0 Å². The van der Waals surface area contributed by atoms with Crippen molar-refractivity contribution in [1.29, 1.82) is 0 Å². The summed E-state index contributed by atoms with van der Waals surface area (Å²) >= 11 is 0. The Morgan fingerprint density at radius 2 is 2.20 bits per heavy atom. The predicted octanol–water partition coefficient (Wildman–Crippen LogP) is 0.764. The fourth-order valence-corrected chi connectivity index (χ4v) is 3.73. The summed E-state index contributed by atoms with van der Waals surface area (Å²) in [6.07, 6.45) is 0.571. The van der Waals surface area contributed by atoms with E-state index in [0.717, 1.165) is 12.1 Å². The molecule has 0 saturated carbocycles. The van der Waals surface area contributed by atoms with Gasteiger partial charge in [-0.25, -0.2) is 17.5 Å². The fourth-order valence-electron chi connectivity index (χ4n) is 2.14. The molecule has 7 nitrogen and oxygen atoms in total. The highest BCUT2D eigenvalue weighted by molar-refractivity contribution is 7.89. The molecule has 110 valence electrons. The van der Waals surface area contributed by atoms with Crippen LogP contribution in [0.5, 0.6) is 0 Å². The molecule has 1 heterocycles. The maximum Gasteiger partial charge on any atom is 0.292 e. The highest BCUT2D eigenvalue weighted by Gasteiger charge is 2.36. The van der Waals surface area contributed by atoms with Gasteiger partial charge < -0.3 is 5.32 Å². The zero-order valence-corrected chi connectivity index (χ0v) is 11.5. The Morgan fingerprint density at radius 1 is 1.50 bits per heavy atom. The van der Waals surface area contributed by atoms with E-state index in [9.17, 15) is 22.9 Å². The van der Waals surface area contributed by atoms with E-state index in [-0.39, 0.29) is 0 Å². The minimum atomic E-state index is -4.09. The molecule has 20 heavy (non-hydrogen) atoms. The first-order valence-electron chi connectivity index (χ1n) is 5.92. The quantitative estimate of drug-likeness (QED) is 0.632. The number of benzene rings is 1. The molecule has 1 atom stereocenters. The molecular weight excluding hydrogens is 289 g/mol. The number of rotatable bonds is 4. The number of hydrogen-bond donors (Lipinski definition) is 2.